The fourth-order valence-electron chi connectivity index (χ4n) is 2.37. The van der Waals surface area contributed by atoms with Crippen LogP contribution in [0.25, 0.3) is 0 Å². The topological polar surface area (TPSA) is 41.9 Å². The Kier molecular flexibility index (Phi) is 7.14. The molecule has 4 nitrogen and oxygen atoms in total. The Balaban J connectivity index is 1.88. The summed E-state index contributed by atoms with van der Waals surface area (Å²) in [5.74, 6) is 0.202. The fraction of sp³-hybridized carbons (Fsp3) is 0.333. The molecule has 0 aromatic heterocycles. The molecule has 2 aromatic rings. The molecule has 0 heterocycles. The lowest BCUT2D eigenvalue weighted by atomic mass is 10.2. The van der Waals surface area contributed by atoms with Crippen molar-refractivity contribution in [1.82, 2.24) is 4.90 Å². The summed E-state index contributed by atoms with van der Waals surface area (Å²) in [5.41, 5.74) is 0.367. The largest absolute Gasteiger partial charge is 0.573 e. The van der Waals surface area contributed by atoms with Crippen LogP contribution in [-0.2, 0) is 6.54 Å². The number of ether oxygens (including phenoxy) is 2. The van der Waals surface area contributed by atoms with Gasteiger partial charge in [0, 0.05) is 18.7 Å². The number of aliphatic hydroxyl groups is 1. The highest BCUT2D eigenvalue weighted by Gasteiger charge is 2.32. The van der Waals surface area contributed by atoms with Gasteiger partial charge in [0.1, 0.15) is 24.2 Å². The van der Waals surface area contributed by atoms with Gasteiger partial charge in [-0.25, -0.2) is 0 Å². The predicted molar refractivity (Wildman–Crippen MR) is 92.4 cm³/mol. The molecule has 0 saturated heterocycles. The first-order valence-corrected chi connectivity index (χ1v) is 8.20. The molecular weight excluding hydrogens is 371 g/mol. The molecule has 0 saturated carbocycles. The molecule has 0 bridgehead atoms. The Labute approximate surface area is 154 Å². The normalized spacial score (nSPS) is 12.9. The number of para-hydroxylation sites is 2. The van der Waals surface area contributed by atoms with E-state index < -0.39 is 12.5 Å². The van der Waals surface area contributed by atoms with Crippen molar-refractivity contribution in [3.63, 3.8) is 0 Å². The molecule has 0 aliphatic rings. The highest BCUT2D eigenvalue weighted by atomic mass is 35.5. The van der Waals surface area contributed by atoms with Gasteiger partial charge in [0.25, 0.3) is 0 Å². The van der Waals surface area contributed by atoms with E-state index in [1.807, 2.05) is 0 Å². The second kappa shape index (κ2) is 9.12. The summed E-state index contributed by atoms with van der Waals surface area (Å²) in [7, 11) is 1.68. The number of hydrogen-bond acceptors (Lipinski definition) is 4. The minimum absolute atomic E-state index is 0.00870. The van der Waals surface area contributed by atoms with Crippen LogP contribution in [0.1, 0.15) is 5.56 Å². The van der Waals surface area contributed by atoms with Crippen molar-refractivity contribution >= 4 is 11.6 Å². The highest BCUT2D eigenvalue weighted by Crippen LogP contribution is 2.27. The lowest BCUT2D eigenvalue weighted by molar-refractivity contribution is -0.275. The average molecular weight is 390 g/mol. The number of benzene rings is 2. The summed E-state index contributed by atoms with van der Waals surface area (Å²) < 4.78 is 46.9. The third kappa shape index (κ3) is 6.74. The molecule has 8 heteroatoms. The monoisotopic (exact) mass is 389 g/mol. The van der Waals surface area contributed by atoms with Crippen LogP contribution in [0.15, 0.2) is 48.5 Å². The van der Waals surface area contributed by atoms with E-state index in [0.29, 0.717) is 16.3 Å². The molecule has 1 N–H and O–H groups in total. The SMILES string of the molecule is CN(Cc1ccccc1OC(F)(F)F)CC(O)COc1ccccc1Cl. The maximum atomic E-state index is 12.5. The molecule has 0 spiro atoms. The lowest BCUT2D eigenvalue weighted by Crippen LogP contribution is -2.33. The van der Waals surface area contributed by atoms with Crippen molar-refractivity contribution in [2.24, 2.45) is 0 Å². The number of alkyl halides is 3. The molecule has 2 aromatic carbocycles. The van der Waals surface area contributed by atoms with Gasteiger partial charge in [0.15, 0.2) is 0 Å². The second-order valence-corrected chi connectivity index (χ2v) is 6.15. The maximum Gasteiger partial charge on any atom is 0.573 e. The standard InChI is InChI=1S/C18H19ClF3NO3/c1-23(10-13-6-2-4-8-16(13)26-18(20,21)22)11-14(24)12-25-17-9-5-3-7-15(17)19/h2-9,14,24H,10-12H2,1H3. The van der Waals surface area contributed by atoms with Crippen LogP contribution in [0.3, 0.4) is 0 Å². The Hall–Kier alpha value is -1.96. The third-order valence-corrected chi connectivity index (χ3v) is 3.74. The summed E-state index contributed by atoms with van der Waals surface area (Å²) >= 11 is 5.97. The number of aliphatic hydroxyl groups excluding tert-OH is 1. The summed E-state index contributed by atoms with van der Waals surface area (Å²) in [6, 6.07) is 12.8. The Bertz CT molecular complexity index is 712. The van der Waals surface area contributed by atoms with Crippen molar-refractivity contribution in [1.29, 1.82) is 0 Å². The number of likely N-dealkylation sites (N-methyl/N-ethyl adjacent to an activating group) is 1. The van der Waals surface area contributed by atoms with Gasteiger partial charge in [-0.2, -0.15) is 0 Å². The fourth-order valence-corrected chi connectivity index (χ4v) is 2.56. The molecule has 0 amide bonds. The first kappa shape index (κ1) is 20.4. The van der Waals surface area contributed by atoms with Crippen molar-refractivity contribution in [3.8, 4) is 11.5 Å². The summed E-state index contributed by atoms with van der Waals surface area (Å²) in [6.45, 7) is 0.384. The number of halogens is 4. The average Bonchev–Trinajstić information content (AvgIpc) is 2.54. The Morgan fingerprint density at radius 3 is 2.35 bits per heavy atom. The van der Waals surface area contributed by atoms with Crippen molar-refractivity contribution in [3.05, 3.63) is 59.1 Å². The number of nitrogens with zero attached hydrogens (tertiary/aromatic N) is 1. The third-order valence-electron chi connectivity index (χ3n) is 3.43. The first-order chi connectivity index (χ1) is 12.2. The number of hydrogen-bond donors (Lipinski definition) is 1. The summed E-state index contributed by atoms with van der Waals surface area (Å²) in [6.07, 6.45) is -5.59. The van der Waals surface area contributed by atoms with Crippen LogP contribution >= 0.6 is 11.6 Å². The smallest absolute Gasteiger partial charge is 0.489 e. The van der Waals surface area contributed by atoms with Crippen molar-refractivity contribution in [2.45, 2.75) is 19.0 Å². The highest BCUT2D eigenvalue weighted by molar-refractivity contribution is 6.32. The zero-order chi connectivity index (χ0) is 19.2. The van der Waals surface area contributed by atoms with E-state index in [1.54, 1.807) is 48.3 Å². The molecule has 26 heavy (non-hydrogen) atoms. The first-order valence-electron chi connectivity index (χ1n) is 7.82. The quantitative estimate of drug-likeness (QED) is 0.737. The summed E-state index contributed by atoms with van der Waals surface area (Å²) in [4.78, 5) is 1.68. The molecule has 0 radical (unpaired) electrons. The van der Waals surface area contributed by atoms with E-state index in [9.17, 15) is 18.3 Å². The van der Waals surface area contributed by atoms with Crippen LogP contribution in [0.5, 0.6) is 11.5 Å². The lowest BCUT2D eigenvalue weighted by Gasteiger charge is -2.22. The van der Waals surface area contributed by atoms with Gasteiger partial charge in [0.2, 0.25) is 0 Å². The zero-order valence-electron chi connectivity index (χ0n) is 14.0. The van der Waals surface area contributed by atoms with E-state index in [2.05, 4.69) is 4.74 Å². The molecule has 2 rings (SSSR count). The molecular formula is C18H19ClF3NO3. The van der Waals surface area contributed by atoms with Gasteiger partial charge in [-0.15, -0.1) is 13.2 Å². The molecule has 0 aliphatic carbocycles. The van der Waals surface area contributed by atoms with E-state index in [1.165, 1.54) is 12.1 Å². The van der Waals surface area contributed by atoms with E-state index in [4.69, 9.17) is 16.3 Å². The second-order valence-electron chi connectivity index (χ2n) is 5.75. The maximum absolute atomic E-state index is 12.5. The van der Waals surface area contributed by atoms with Crippen molar-refractivity contribution in [2.75, 3.05) is 20.2 Å². The van der Waals surface area contributed by atoms with Crippen LogP contribution in [-0.4, -0.2) is 42.7 Å². The van der Waals surface area contributed by atoms with Gasteiger partial charge < -0.3 is 14.6 Å². The van der Waals surface area contributed by atoms with Gasteiger partial charge in [-0.05, 0) is 25.2 Å². The predicted octanol–water partition coefficient (Wildman–Crippen LogP) is 4.11. The zero-order valence-corrected chi connectivity index (χ0v) is 14.8. The molecule has 0 aliphatic heterocycles. The number of rotatable bonds is 8. The molecule has 0 fully saturated rings. The van der Waals surface area contributed by atoms with Gasteiger partial charge in [0.05, 0.1) is 5.02 Å². The van der Waals surface area contributed by atoms with Crippen LogP contribution < -0.4 is 9.47 Å². The van der Waals surface area contributed by atoms with Gasteiger partial charge >= 0.3 is 6.36 Å². The van der Waals surface area contributed by atoms with Gasteiger partial charge in [-0.3, -0.25) is 4.90 Å². The molecule has 142 valence electrons. The summed E-state index contributed by atoms with van der Waals surface area (Å²) in [5, 5.41) is 10.5. The van der Waals surface area contributed by atoms with E-state index in [0.717, 1.165) is 0 Å². The molecule has 1 atom stereocenters. The van der Waals surface area contributed by atoms with Crippen LogP contribution in [0.4, 0.5) is 13.2 Å². The van der Waals surface area contributed by atoms with Gasteiger partial charge in [-0.1, -0.05) is 41.9 Å². The van der Waals surface area contributed by atoms with Crippen molar-refractivity contribution < 1.29 is 27.8 Å². The van der Waals surface area contributed by atoms with Crippen LogP contribution in [0, 0.1) is 0 Å². The van der Waals surface area contributed by atoms with E-state index >= 15 is 0 Å². The Morgan fingerprint density at radius 2 is 1.69 bits per heavy atom. The minimum atomic E-state index is -4.75. The minimum Gasteiger partial charge on any atom is -0.489 e. The van der Waals surface area contributed by atoms with Crippen LogP contribution in [0.2, 0.25) is 5.02 Å². The molecule has 1 unspecified atom stereocenters. The van der Waals surface area contributed by atoms with E-state index in [-0.39, 0.29) is 25.4 Å². The Morgan fingerprint density at radius 1 is 1.08 bits per heavy atom.